The number of aryl methyl sites for hydroxylation is 2. The minimum atomic E-state index is -4.62. The van der Waals surface area contributed by atoms with Crippen molar-refractivity contribution in [2.24, 2.45) is 0 Å². The number of alkyl halides is 3. The number of hydrazine groups is 1. The quantitative estimate of drug-likeness (QED) is 0.311. The van der Waals surface area contributed by atoms with Crippen molar-refractivity contribution in [1.82, 2.24) is 34.6 Å². The Bertz CT molecular complexity index is 1690. The fourth-order valence-electron chi connectivity index (χ4n) is 4.82. The number of rotatable bonds is 5. The van der Waals surface area contributed by atoms with Crippen LogP contribution in [-0.4, -0.2) is 42.7 Å². The van der Waals surface area contributed by atoms with Gasteiger partial charge in [-0.3, -0.25) is 20.2 Å². The van der Waals surface area contributed by atoms with Gasteiger partial charge in [0.1, 0.15) is 11.5 Å². The SMILES string of the molecule is Cc1ccc(NC(=O)c2cc(-n3ccnc3C)cc(C(F)(F)F)c2)cc1-n1ccn2nc(C3CNNC3)cc12. The molecule has 6 rings (SSSR count). The number of nitrogens with one attached hydrogen (secondary N) is 3. The lowest BCUT2D eigenvalue weighted by Crippen LogP contribution is -2.21. The van der Waals surface area contributed by atoms with E-state index in [1.54, 1.807) is 29.8 Å². The predicted molar refractivity (Wildman–Crippen MR) is 139 cm³/mol. The maximum absolute atomic E-state index is 13.7. The summed E-state index contributed by atoms with van der Waals surface area (Å²) in [4.78, 5) is 17.3. The second-order valence-electron chi connectivity index (χ2n) is 9.57. The highest BCUT2D eigenvalue weighted by atomic mass is 19.4. The zero-order chi connectivity index (χ0) is 27.3. The highest BCUT2D eigenvalue weighted by Gasteiger charge is 2.32. The number of nitrogens with zero attached hydrogens (tertiary/aromatic N) is 5. The van der Waals surface area contributed by atoms with Crippen LogP contribution in [0.3, 0.4) is 0 Å². The first-order chi connectivity index (χ1) is 18.7. The van der Waals surface area contributed by atoms with Crippen molar-refractivity contribution < 1.29 is 18.0 Å². The van der Waals surface area contributed by atoms with E-state index in [1.807, 2.05) is 36.0 Å². The molecule has 200 valence electrons. The molecule has 2 aromatic carbocycles. The van der Waals surface area contributed by atoms with Crippen molar-refractivity contribution in [2.45, 2.75) is 25.9 Å². The van der Waals surface area contributed by atoms with Gasteiger partial charge in [0.15, 0.2) is 0 Å². The number of aromatic nitrogens is 5. The summed E-state index contributed by atoms with van der Waals surface area (Å²) < 4.78 is 46.4. The van der Waals surface area contributed by atoms with Gasteiger partial charge in [-0.2, -0.15) is 18.3 Å². The normalized spacial score (nSPS) is 14.4. The average Bonchev–Trinajstić information content (AvgIpc) is 3.69. The molecule has 0 spiro atoms. The molecule has 1 aliphatic rings. The molecule has 3 N–H and O–H groups in total. The van der Waals surface area contributed by atoms with Crippen molar-refractivity contribution >= 4 is 17.2 Å². The van der Waals surface area contributed by atoms with Gasteiger partial charge in [-0.1, -0.05) is 6.07 Å². The fourth-order valence-corrected chi connectivity index (χ4v) is 4.82. The van der Waals surface area contributed by atoms with E-state index in [4.69, 9.17) is 5.10 Å². The number of carbonyl (C=O) groups excluding carboxylic acids is 1. The number of amides is 1. The van der Waals surface area contributed by atoms with E-state index >= 15 is 0 Å². The Morgan fingerprint density at radius 3 is 2.51 bits per heavy atom. The van der Waals surface area contributed by atoms with Gasteiger partial charge in [0.2, 0.25) is 0 Å². The minimum absolute atomic E-state index is 0.113. The van der Waals surface area contributed by atoms with E-state index in [9.17, 15) is 18.0 Å². The molecule has 1 saturated heterocycles. The Morgan fingerprint density at radius 2 is 1.79 bits per heavy atom. The third-order valence-electron chi connectivity index (χ3n) is 6.92. The zero-order valence-electron chi connectivity index (χ0n) is 21.1. The summed E-state index contributed by atoms with van der Waals surface area (Å²) in [5, 5.41) is 7.46. The predicted octanol–water partition coefficient (Wildman–Crippen LogP) is 4.39. The molecule has 1 amide bonds. The van der Waals surface area contributed by atoms with Crippen LogP contribution in [0.5, 0.6) is 0 Å². The van der Waals surface area contributed by atoms with Crippen LogP contribution in [0.15, 0.2) is 67.3 Å². The highest BCUT2D eigenvalue weighted by molar-refractivity contribution is 6.05. The van der Waals surface area contributed by atoms with Gasteiger partial charge in [0, 0.05) is 66.8 Å². The van der Waals surface area contributed by atoms with Gasteiger partial charge >= 0.3 is 6.18 Å². The molecule has 4 heterocycles. The van der Waals surface area contributed by atoms with Crippen LogP contribution >= 0.6 is 0 Å². The lowest BCUT2D eigenvalue weighted by molar-refractivity contribution is -0.137. The molecule has 39 heavy (non-hydrogen) atoms. The summed E-state index contributed by atoms with van der Waals surface area (Å²) in [6, 6.07) is 10.7. The average molecular weight is 535 g/mol. The Balaban J connectivity index is 1.33. The van der Waals surface area contributed by atoms with Gasteiger partial charge < -0.3 is 9.88 Å². The Kier molecular flexibility index (Phi) is 6.00. The van der Waals surface area contributed by atoms with Crippen molar-refractivity contribution in [2.75, 3.05) is 18.4 Å². The standard InChI is InChI=1S/C27H25F3N8O/c1-16-3-4-21(12-24(16)37-7-8-38-25(37)13-23(35-38)19-14-32-33-15-19)34-26(39)18-9-20(27(28,29)30)11-22(10-18)36-6-5-31-17(36)2/h3-13,19,32-33H,14-15H2,1-2H3,(H,34,39). The van der Waals surface area contributed by atoms with Gasteiger partial charge in [-0.15, -0.1) is 0 Å². The van der Waals surface area contributed by atoms with Crippen LogP contribution in [0.4, 0.5) is 18.9 Å². The maximum Gasteiger partial charge on any atom is 0.416 e. The van der Waals surface area contributed by atoms with Crippen LogP contribution in [0.2, 0.25) is 0 Å². The molecule has 0 unspecified atom stereocenters. The number of hydrogen-bond donors (Lipinski definition) is 3. The first kappa shape index (κ1) is 24.9. The summed E-state index contributed by atoms with van der Waals surface area (Å²) in [7, 11) is 0. The maximum atomic E-state index is 13.7. The van der Waals surface area contributed by atoms with Crippen LogP contribution in [0, 0.1) is 13.8 Å². The molecule has 1 fully saturated rings. The molecular formula is C27H25F3N8O. The van der Waals surface area contributed by atoms with Crippen LogP contribution in [0.1, 0.15) is 38.9 Å². The Hall–Kier alpha value is -4.42. The van der Waals surface area contributed by atoms with Gasteiger partial charge in [-0.05, 0) is 49.7 Å². The number of hydrogen-bond acceptors (Lipinski definition) is 5. The van der Waals surface area contributed by atoms with E-state index in [0.29, 0.717) is 11.5 Å². The molecule has 0 radical (unpaired) electrons. The molecule has 12 heteroatoms. The number of imidazole rings is 2. The lowest BCUT2D eigenvalue weighted by atomic mass is 10.1. The first-order valence-corrected chi connectivity index (χ1v) is 12.3. The lowest BCUT2D eigenvalue weighted by Gasteiger charge is -2.15. The molecule has 0 bridgehead atoms. The summed E-state index contributed by atoms with van der Waals surface area (Å²) in [6.45, 7) is 5.21. The number of benzene rings is 2. The largest absolute Gasteiger partial charge is 0.416 e. The van der Waals surface area contributed by atoms with Gasteiger partial charge in [-0.25, -0.2) is 9.50 Å². The summed E-state index contributed by atoms with van der Waals surface area (Å²) in [5.74, 6) is 0.111. The third kappa shape index (κ3) is 4.68. The summed E-state index contributed by atoms with van der Waals surface area (Å²) >= 11 is 0. The van der Waals surface area contributed by atoms with Crippen molar-refractivity contribution in [3.05, 3.63) is 95.5 Å². The molecule has 0 saturated carbocycles. The Labute approximate surface area is 221 Å². The molecule has 9 nitrogen and oxygen atoms in total. The molecule has 5 aromatic rings. The molecule has 0 atom stereocenters. The van der Waals surface area contributed by atoms with Crippen LogP contribution < -0.4 is 16.2 Å². The monoisotopic (exact) mass is 534 g/mol. The van der Waals surface area contributed by atoms with Crippen LogP contribution in [-0.2, 0) is 6.18 Å². The zero-order valence-corrected chi connectivity index (χ0v) is 21.1. The number of halogens is 3. The molecule has 0 aliphatic carbocycles. The number of carbonyl (C=O) groups is 1. The molecule has 3 aromatic heterocycles. The third-order valence-corrected chi connectivity index (χ3v) is 6.92. The van der Waals surface area contributed by atoms with E-state index in [0.717, 1.165) is 47.8 Å². The minimum Gasteiger partial charge on any atom is -0.322 e. The topological polar surface area (TPSA) is 93.2 Å². The molecular weight excluding hydrogens is 509 g/mol. The van der Waals surface area contributed by atoms with E-state index in [1.165, 1.54) is 16.8 Å². The van der Waals surface area contributed by atoms with Crippen molar-refractivity contribution in [3.63, 3.8) is 0 Å². The smallest absolute Gasteiger partial charge is 0.322 e. The van der Waals surface area contributed by atoms with E-state index in [-0.39, 0.29) is 17.2 Å². The number of fused-ring (bicyclic) bond motifs is 1. The van der Waals surface area contributed by atoms with Crippen molar-refractivity contribution in [1.29, 1.82) is 0 Å². The van der Waals surface area contributed by atoms with Crippen LogP contribution in [0.25, 0.3) is 17.0 Å². The van der Waals surface area contributed by atoms with E-state index < -0.39 is 17.6 Å². The Morgan fingerprint density at radius 1 is 1.00 bits per heavy atom. The van der Waals surface area contributed by atoms with Gasteiger partial charge in [0.25, 0.3) is 5.91 Å². The fraction of sp³-hybridized carbons (Fsp3) is 0.222. The summed E-state index contributed by atoms with van der Waals surface area (Å²) in [6.07, 6.45) is 2.18. The second-order valence-corrected chi connectivity index (χ2v) is 9.57. The van der Waals surface area contributed by atoms with Gasteiger partial charge in [0.05, 0.1) is 16.9 Å². The first-order valence-electron chi connectivity index (χ1n) is 12.3. The molecule has 1 aliphatic heterocycles. The highest BCUT2D eigenvalue weighted by Crippen LogP contribution is 2.32. The number of anilines is 1. The van der Waals surface area contributed by atoms with Crippen molar-refractivity contribution in [3.8, 4) is 11.4 Å². The summed E-state index contributed by atoms with van der Waals surface area (Å²) in [5.41, 5.74) is 9.45. The van der Waals surface area contributed by atoms with E-state index in [2.05, 4.69) is 21.2 Å². The second kappa shape index (κ2) is 9.40.